The Bertz CT molecular complexity index is 363. The standard InChI is InChI=1S/C13H25N3O4/c1-8(5-10(14)17)16-12(20)15-7-9(11(18)19)6-13(2,3)4/h8-9H,5-7H2,1-4H3,(H2,14,17)(H,18,19)(H2,15,16,20). The second-order valence-corrected chi connectivity index (χ2v) is 6.23. The molecule has 0 aliphatic rings. The molecule has 2 unspecified atom stereocenters. The van der Waals surface area contributed by atoms with E-state index in [1.807, 2.05) is 20.8 Å². The molecule has 0 aromatic carbocycles. The molecule has 0 fully saturated rings. The predicted octanol–water partition coefficient (Wildman–Crippen LogP) is 0.687. The summed E-state index contributed by atoms with van der Waals surface area (Å²) in [6.07, 6.45) is 0.497. The summed E-state index contributed by atoms with van der Waals surface area (Å²) in [5.74, 6) is -2.09. The van der Waals surface area contributed by atoms with Crippen molar-refractivity contribution >= 4 is 17.9 Å². The van der Waals surface area contributed by atoms with Gasteiger partial charge in [0.25, 0.3) is 0 Å². The third kappa shape index (κ3) is 9.18. The topological polar surface area (TPSA) is 122 Å². The van der Waals surface area contributed by atoms with Crippen molar-refractivity contribution in [3.63, 3.8) is 0 Å². The first-order valence-corrected chi connectivity index (χ1v) is 6.56. The van der Waals surface area contributed by atoms with E-state index in [2.05, 4.69) is 10.6 Å². The lowest BCUT2D eigenvalue weighted by Gasteiger charge is -2.23. The molecule has 3 amide bonds. The molecule has 0 bridgehead atoms. The number of hydrogen-bond acceptors (Lipinski definition) is 3. The van der Waals surface area contributed by atoms with Crippen molar-refractivity contribution in [3.8, 4) is 0 Å². The largest absolute Gasteiger partial charge is 0.481 e. The predicted molar refractivity (Wildman–Crippen MR) is 75.0 cm³/mol. The molecule has 0 aliphatic heterocycles. The summed E-state index contributed by atoms with van der Waals surface area (Å²) < 4.78 is 0. The third-order valence-corrected chi connectivity index (χ3v) is 2.60. The molecule has 116 valence electrons. The van der Waals surface area contributed by atoms with Crippen LogP contribution in [-0.2, 0) is 9.59 Å². The zero-order valence-electron chi connectivity index (χ0n) is 12.5. The number of urea groups is 1. The van der Waals surface area contributed by atoms with Gasteiger partial charge in [0.15, 0.2) is 0 Å². The molecular formula is C13H25N3O4. The highest BCUT2D eigenvalue weighted by atomic mass is 16.4. The van der Waals surface area contributed by atoms with E-state index in [1.165, 1.54) is 0 Å². The van der Waals surface area contributed by atoms with Crippen molar-refractivity contribution in [2.45, 2.75) is 46.6 Å². The van der Waals surface area contributed by atoms with E-state index >= 15 is 0 Å². The molecule has 2 atom stereocenters. The molecule has 0 aromatic heterocycles. The average Bonchev–Trinajstić information content (AvgIpc) is 2.20. The van der Waals surface area contributed by atoms with Crippen molar-refractivity contribution in [2.75, 3.05) is 6.54 Å². The lowest BCUT2D eigenvalue weighted by atomic mass is 9.84. The molecule has 0 aliphatic carbocycles. The van der Waals surface area contributed by atoms with Gasteiger partial charge in [0.2, 0.25) is 5.91 Å². The van der Waals surface area contributed by atoms with Crippen molar-refractivity contribution in [3.05, 3.63) is 0 Å². The van der Waals surface area contributed by atoms with Crippen molar-refractivity contribution in [2.24, 2.45) is 17.1 Å². The first-order valence-electron chi connectivity index (χ1n) is 6.56. The van der Waals surface area contributed by atoms with Gasteiger partial charge in [-0.05, 0) is 18.8 Å². The Morgan fingerprint density at radius 2 is 1.80 bits per heavy atom. The van der Waals surface area contributed by atoms with Crippen molar-refractivity contribution < 1.29 is 19.5 Å². The van der Waals surface area contributed by atoms with E-state index in [9.17, 15) is 14.4 Å². The Hall–Kier alpha value is -1.79. The smallest absolute Gasteiger partial charge is 0.315 e. The summed E-state index contributed by atoms with van der Waals surface area (Å²) >= 11 is 0. The molecule has 0 spiro atoms. The minimum atomic E-state index is -0.939. The number of carbonyl (C=O) groups is 3. The lowest BCUT2D eigenvalue weighted by Crippen LogP contribution is -2.45. The number of hydrogen-bond donors (Lipinski definition) is 4. The Labute approximate surface area is 119 Å². The normalized spacial score (nSPS) is 14.2. The quantitative estimate of drug-likeness (QED) is 0.550. The van der Waals surface area contributed by atoms with Crippen LogP contribution in [0.15, 0.2) is 0 Å². The molecule has 0 saturated carbocycles. The summed E-state index contributed by atoms with van der Waals surface area (Å²) in [7, 11) is 0. The summed E-state index contributed by atoms with van der Waals surface area (Å²) in [6, 6.07) is -0.891. The molecular weight excluding hydrogens is 262 g/mol. The lowest BCUT2D eigenvalue weighted by molar-refractivity contribution is -0.142. The van der Waals surface area contributed by atoms with Gasteiger partial charge in [-0.25, -0.2) is 4.79 Å². The second-order valence-electron chi connectivity index (χ2n) is 6.23. The summed E-state index contributed by atoms with van der Waals surface area (Å²) in [5.41, 5.74) is 4.87. The van der Waals surface area contributed by atoms with Gasteiger partial charge < -0.3 is 21.5 Å². The molecule has 0 radical (unpaired) electrons. The average molecular weight is 287 g/mol. The molecule has 0 saturated heterocycles. The minimum Gasteiger partial charge on any atom is -0.481 e. The molecule has 0 heterocycles. The number of primary amides is 1. The minimum absolute atomic E-state index is 0.0395. The van der Waals surface area contributed by atoms with Gasteiger partial charge in [-0.1, -0.05) is 20.8 Å². The fourth-order valence-electron chi connectivity index (χ4n) is 1.83. The highest BCUT2D eigenvalue weighted by Crippen LogP contribution is 2.24. The zero-order chi connectivity index (χ0) is 15.9. The third-order valence-electron chi connectivity index (χ3n) is 2.60. The van der Waals surface area contributed by atoms with Crippen LogP contribution in [-0.4, -0.2) is 35.6 Å². The van der Waals surface area contributed by atoms with Crippen LogP contribution in [0.2, 0.25) is 0 Å². The van der Waals surface area contributed by atoms with E-state index in [1.54, 1.807) is 6.92 Å². The Morgan fingerprint density at radius 1 is 1.25 bits per heavy atom. The maximum atomic E-state index is 11.6. The summed E-state index contributed by atoms with van der Waals surface area (Å²) in [6.45, 7) is 7.52. The number of carbonyl (C=O) groups excluding carboxylic acids is 2. The highest BCUT2D eigenvalue weighted by Gasteiger charge is 2.25. The molecule has 20 heavy (non-hydrogen) atoms. The zero-order valence-corrected chi connectivity index (χ0v) is 12.5. The number of carboxylic acids is 1. The van der Waals surface area contributed by atoms with Gasteiger partial charge in [0, 0.05) is 19.0 Å². The van der Waals surface area contributed by atoms with Crippen LogP contribution < -0.4 is 16.4 Å². The first-order chi connectivity index (χ1) is 9.01. The van der Waals surface area contributed by atoms with Crippen LogP contribution in [0, 0.1) is 11.3 Å². The fourth-order valence-corrected chi connectivity index (χ4v) is 1.83. The highest BCUT2D eigenvalue weighted by molar-refractivity contribution is 5.78. The van der Waals surface area contributed by atoms with Gasteiger partial charge in [-0.3, -0.25) is 9.59 Å². The van der Waals surface area contributed by atoms with Gasteiger partial charge in [0.05, 0.1) is 5.92 Å². The van der Waals surface area contributed by atoms with Crippen LogP contribution in [0.3, 0.4) is 0 Å². The number of nitrogens with two attached hydrogens (primary N) is 1. The maximum absolute atomic E-state index is 11.6. The Morgan fingerprint density at radius 3 is 2.20 bits per heavy atom. The SMILES string of the molecule is CC(CC(N)=O)NC(=O)NCC(CC(C)(C)C)C(=O)O. The van der Waals surface area contributed by atoms with Crippen LogP contribution in [0.4, 0.5) is 4.79 Å². The van der Waals surface area contributed by atoms with Crippen LogP contribution in [0.5, 0.6) is 0 Å². The second kappa shape index (κ2) is 7.72. The van der Waals surface area contributed by atoms with Gasteiger partial charge in [-0.15, -0.1) is 0 Å². The van der Waals surface area contributed by atoms with Gasteiger partial charge >= 0.3 is 12.0 Å². The molecule has 7 nitrogen and oxygen atoms in total. The monoisotopic (exact) mass is 287 g/mol. The van der Waals surface area contributed by atoms with Gasteiger partial charge in [0.1, 0.15) is 0 Å². The van der Waals surface area contributed by atoms with E-state index in [0.717, 1.165) is 0 Å². The van der Waals surface area contributed by atoms with E-state index in [-0.39, 0.29) is 18.4 Å². The number of aliphatic carboxylic acids is 1. The maximum Gasteiger partial charge on any atom is 0.315 e. The number of carboxylic acid groups (broad SMARTS) is 1. The van der Waals surface area contributed by atoms with Crippen molar-refractivity contribution in [1.82, 2.24) is 10.6 Å². The number of nitrogens with one attached hydrogen (secondary N) is 2. The summed E-state index contributed by atoms with van der Waals surface area (Å²) in [5, 5.41) is 14.1. The molecule has 5 N–H and O–H groups in total. The van der Waals surface area contributed by atoms with Crippen LogP contribution in [0.1, 0.15) is 40.5 Å². The van der Waals surface area contributed by atoms with Crippen molar-refractivity contribution in [1.29, 1.82) is 0 Å². The fraction of sp³-hybridized carbons (Fsp3) is 0.769. The molecule has 0 rings (SSSR count). The van der Waals surface area contributed by atoms with E-state index < -0.39 is 29.9 Å². The van der Waals surface area contributed by atoms with Crippen LogP contribution in [0.25, 0.3) is 0 Å². The molecule has 7 heteroatoms. The van der Waals surface area contributed by atoms with Gasteiger partial charge in [-0.2, -0.15) is 0 Å². The number of rotatable bonds is 7. The Kier molecular flexibility index (Phi) is 7.02. The van der Waals surface area contributed by atoms with Crippen LogP contribution >= 0.6 is 0 Å². The first kappa shape index (κ1) is 18.2. The molecule has 0 aromatic rings. The number of amides is 3. The van der Waals surface area contributed by atoms with E-state index in [4.69, 9.17) is 10.8 Å². The summed E-state index contributed by atoms with van der Waals surface area (Å²) in [4.78, 5) is 33.4. The Balaban J connectivity index is 4.25. The van der Waals surface area contributed by atoms with E-state index in [0.29, 0.717) is 6.42 Å².